The third kappa shape index (κ3) is 8.41. The highest BCUT2D eigenvalue weighted by atomic mass is 32.1. The lowest BCUT2D eigenvalue weighted by Crippen LogP contribution is -2.31. The maximum atomic E-state index is 5.48. The Hall–Kier alpha value is -0.190. The molecule has 0 radical (unpaired) electrons. The minimum Gasteiger partial charge on any atom is -0.393 e. The van der Waals surface area contributed by atoms with Gasteiger partial charge in [-0.2, -0.15) is 0 Å². The largest absolute Gasteiger partial charge is 0.393 e. The third-order valence-electron chi connectivity index (χ3n) is 1.98. The van der Waals surface area contributed by atoms with Crippen LogP contribution in [0.3, 0.4) is 0 Å². The molecule has 0 bridgehead atoms. The van der Waals surface area contributed by atoms with Crippen LogP contribution in [-0.4, -0.2) is 42.2 Å². The molecule has 3 nitrogen and oxygen atoms in total. The van der Waals surface area contributed by atoms with Crippen molar-refractivity contribution in [2.24, 2.45) is 5.73 Å². The van der Waals surface area contributed by atoms with Crippen LogP contribution in [0.5, 0.6) is 0 Å². The van der Waals surface area contributed by atoms with Gasteiger partial charge in [0.1, 0.15) is 0 Å². The Morgan fingerprint density at radius 2 is 2.07 bits per heavy atom. The Morgan fingerprint density at radius 3 is 2.50 bits per heavy atom. The number of rotatable bonds is 8. The van der Waals surface area contributed by atoms with E-state index in [1.54, 1.807) is 0 Å². The predicted molar refractivity (Wildman–Crippen MR) is 64.6 cm³/mol. The van der Waals surface area contributed by atoms with Crippen molar-refractivity contribution < 1.29 is 4.74 Å². The van der Waals surface area contributed by atoms with Crippen LogP contribution in [0.4, 0.5) is 0 Å². The van der Waals surface area contributed by atoms with Gasteiger partial charge < -0.3 is 15.4 Å². The maximum Gasteiger partial charge on any atom is 0.0740 e. The molecule has 0 aromatic carbocycles. The van der Waals surface area contributed by atoms with E-state index in [0.29, 0.717) is 11.1 Å². The van der Waals surface area contributed by atoms with E-state index in [1.807, 2.05) is 13.8 Å². The van der Waals surface area contributed by atoms with Crippen LogP contribution in [0.15, 0.2) is 0 Å². The number of hydrogen-bond donors (Lipinski definition) is 1. The first-order valence-electron chi connectivity index (χ1n) is 5.18. The molecule has 0 aromatic heterocycles. The number of nitrogens with two attached hydrogens (primary N) is 1. The van der Waals surface area contributed by atoms with Crippen molar-refractivity contribution in [2.75, 3.05) is 26.2 Å². The first-order valence-corrected chi connectivity index (χ1v) is 5.59. The van der Waals surface area contributed by atoms with E-state index in [4.69, 9.17) is 22.7 Å². The van der Waals surface area contributed by atoms with Crippen molar-refractivity contribution in [2.45, 2.75) is 33.3 Å². The fourth-order valence-corrected chi connectivity index (χ4v) is 1.21. The molecular weight excluding hydrogens is 196 g/mol. The number of thiocarbonyl (C=S) groups is 1. The van der Waals surface area contributed by atoms with E-state index in [1.165, 1.54) is 0 Å². The van der Waals surface area contributed by atoms with Crippen LogP contribution in [0.25, 0.3) is 0 Å². The van der Waals surface area contributed by atoms with E-state index < -0.39 is 0 Å². The van der Waals surface area contributed by atoms with Crippen molar-refractivity contribution in [3.05, 3.63) is 0 Å². The summed E-state index contributed by atoms with van der Waals surface area (Å²) in [6, 6.07) is 0. The Balaban J connectivity index is 3.52. The molecule has 0 saturated heterocycles. The second-order valence-electron chi connectivity index (χ2n) is 3.57. The topological polar surface area (TPSA) is 38.5 Å². The van der Waals surface area contributed by atoms with Gasteiger partial charge in [0.2, 0.25) is 0 Å². The van der Waals surface area contributed by atoms with E-state index >= 15 is 0 Å². The maximum absolute atomic E-state index is 5.48. The second kappa shape index (κ2) is 8.15. The lowest BCUT2D eigenvalue weighted by Gasteiger charge is -2.20. The lowest BCUT2D eigenvalue weighted by atomic mass is 10.3. The summed E-state index contributed by atoms with van der Waals surface area (Å²) in [6.45, 7) is 9.92. The van der Waals surface area contributed by atoms with Gasteiger partial charge in [0.15, 0.2) is 0 Å². The van der Waals surface area contributed by atoms with E-state index in [2.05, 4.69) is 11.8 Å². The summed E-state index contributed by atoms with van der Waals surface area (Å²) in [6.07, 6.45) is 1.11. The Bertz CT molecular complexity index is 162. The summed E-state index contributed by atoms with van der Waals surface area (Å²) in [5, 5.41) is 0. The van der Waals surface area contributed by atoms with Gasteiger partial charge in [0, 0.05) is 19.5 Å². The monoisotopic (exact) mass is 218 g/mol. The van der Waals surface area contributed by atoms with Crippen LogP contribution >= 0.6 is 12.2 Å². The van der Waals surface area contributed by atoms with Crippen LogP contribution in [0, 0.1) is 0 Å². The molecule has 0 aliphatic rings. The van der Waals surface area contributed by atoms with Gasteiger partial charge >= 0.3 is 0 Å². The van der Waals surface area contributed by atoms with Gasteiger partial charge in [-0.15, -0.1) is 0 Å². The van der Waals surface area contributed by atoms with Crippen molar-refractivity contribution in [3.8, 4) is 0 Å². The average Bonchev–Trinajstić information content (AvgIpc) is 2.10. The summed E-state index contributed by atoms with van der Waals surface area (Å²) >= 11 is 4.84. The van der Waals surface area contributed by atoms with E-state index in [0.717, 1.165) is 32.7 Å². The number of likely N-dealkylation sites (N-methyl/N-ethyl adjacent to an activating group) is 1. The summed E-state index contributed by atoms with van der Waals surface area (Å²) in [7, 11) is 0. The molecule has 0 aromatic rings. The Labute approximate surface area is 92.6 Å². The molecule has 2 N–H and O–H groups in total. The predicted octanol–water partition coefficient (Wildman–Crippen LogP) is 1.41. The summed E-state index contributed by atoms with van der Waals surface area (Å²) in [5.41, 5.74) is 5.45. The Morgan fingerprint density at radius 1 is 1.43 bits per heavy atom. The molecule has 0 fully saturated rings. The van der Waals surface area contributed by atoms with Gasteiger partial charge in [0.25, 0.3) is 0 Å². The standard InChI is InChI=1S/C10H22N2OS/c1-4-12(6-5-10(11)14)7-8-13-9(2)3/h9H,4-8H2,1-3H3,(H2,11,14). The third-order valence-corrected chi connectivity index (χ3v) is 2.18. The minimum absolute atomic E-state index is 0.310. The molecule has 0 unspecified atom stereocenters. The summed E-state index contributed by atoms with van der Waals surface area (Å²) in [5.74, 6) is 0. The number of hydrogen-bond acceptors (Lipinski definition) is 3. The first-order chi connectivity index (χ1) is 6.56. The molecule has 0 rings (SSSR count). The zero-order valence-electron chi connectivity index (χ0n) is 9.45. The molecule has 14 heavy (non-hydrogen) atoms. The number of nitrogens with zero attached hydrogens (tertiary/aromatic N) is 1. The fraction of sp³-hybridized carbons (Fsp3) is 0.900. The molecule has 0 atom stereocenters. The molecule has 0 aliphatic carbocycles. The zero-order chi connectivity index (χ0) is 11.0. The SMILES string of the molecule is CCN(CCOC(C)C)CCC(N)=S. The molecular formula is C10H22N2OS. The molecule has 4 heteroatoms. The lowest BCUT2D eigenvalue weighted by molar-refractivity contribution is 0.0605. The highest BCUT2D eigenvalue weighted by Gasteiger charge is 2.03. The van der Waals surface area contributed by atoms with Gasteiger partial charge in [0.05, 0.1) is 17.7 Å². The highest BCUT2D eigenvalue weighted by molar-refractivity contribution is 7.80. The normalized spacial score (nSPS) is 11.2. The fourth-order valence-electron chi connectivity index (χ4n) is 1.11. The Kier molecular flexibility index (Phi) is 8.04. The number of ether oxygens (including phenoxy) is 1. The van der Waals surface area contributed by atoms with E-state index in [9.17, 15) is 0 Å². The molecule has 84 valence electrons. The molecule has 0 amide bonds. The summed E-state index contributed by atoms with van der Waals surface area (Å²) < 4.78 is 5.48. The van der Waals surface area contributed by atoms with Crippen molar-refractivity contribution in [3.63, 3.8) is 0 Å². The van der Waals surface area contributed by atoms with Crippen LogP contribution in [0.1, 0.15) is 27.2 Å². The van der Waals surface area contributed by atoms with Crippen LogP contribution in [-0.2, 0) is 4.74 Å². The first kappa shape index (κ1) is 13.8. The second-order valence-corrected chi connectivity index (χ2v) is 4.09. The minimum atomic E-state index is 0.310. The molecule has 0 aliphatic heterocycles. The molecule has 0 saturated carbocycles. The highest BCUT2D eigenvalue weighted by Crippen LogP contribution is 1.94. The average molecular weight is 218 g/mol. The zero-order valence-corrected chi connectivity index (χ0v) is 10.3. The van der Waals surface area contributed by atoms with Crippen molar-refractivity contribution in [1.29, 1.82) is 0 Å². The van der Waals surface area contributed by atoms with Gasteiger partial charge in [-0.1, -0.05) is 19.1 Å². The van der Waals surface area contributed by atoms with Gasteiger partial charge in [-0.25, -0.2) is 0 Å². The smallest absolute Gasteiger partial charge is 0.0740 e. The van der Waals surface area contributed by atoms with Crippen LogP contribution < -0.4 is 5.73 Å². The van der Waals surface area contributed by atoms with E-state index in [-0.39, 0.29) is 0 Å². The van der Waals surface area contributed by atoms with Crippen LogP contribution in [0.2, 0.25) is 0 Å². The quantitative estimate of drug-likeness (QED) is 0.625. The van der Waals surface area contributed by atoms with Crippen molar-refractivity contribution in [1.82, 2.24) is 4.90 Å². The molecule has 0 spiro atoms. The summed E-state index contributed by atoms with van der Waals surface area (Å²) in [4.78, 5) is 2.88. The van der Waals surface area contributed by atoms with Gasteiger partial charge in [-0.05, 0) is 20.4 Å². The van der Waals surface area contributed by atoms with Gasteiger partial charge in [-0.3, -0.25) is 0 Å². The molecule has 0 heterocycles. The van der Waals surface area contributed by atoms with Crippen molar-refractivity contribution >= 4 is 17.2 Å².